The van der Waals surface area contributed by atoms with Crippen LogP contribution in [0.25, 0.3) is 43.6 Å². The van der Waals surface area contributed by atoms with Crippen LogP contribution in [-0.2, 0) is 105 Å². The Morgan fingerprint density at radius 3 is 0.839 bits per heavy atom. The summed E-state index contributed by atoms with van der Waals surface area (Å²) in [6.07, 6.45) is 20.0. The van der Waals surface area contributed by atoms with Crippen LogP contribution >= 0.6 is 0 Å². The van der Waals surface area contributed by atoms with Crippen molar-refractivity contribution in [1.82, 2.24) is 37.9 Å². The summed E-state index contributed by atoms with van der Waals surface area (Å²) in [7, 11) is -6.35. The fraction of sp³-hybridized carbons (Fsp3) is 0.435. The van der Waals surface area contributed by atoms with Crippen LogP contribution in [0, 0.1) is 52.4 Å². The van der Waals surface area contributed by atoms with Gasteiger partial charge >= 0.3 is 0 Å². The maximum Gasteiger partial charge on any atom is 0.248 e. The number of benzene rings is 8. The van der Waals surface area contributed by atoms with Gasteiger partial charge in [-0.2, -0.15) is 0 Å². The number of hydrogen-bond acceptors (Lipinski definition) is 12. The molecule has 0 bridgehead atoms. The first-order valence-electron chi connectivity index (χ1n) is 47.6. The second-order valence-electron chi connectivity index (χ2n) is 40.1. The van der Waals surface area contributed by atoms with Gasteiger partial charge in [0.05, 0.1) is 42.6 Å². The molecule has 8 aromatic carbocycles. The molecule has 0 radical (unpaired) electrons. The van der Waals surface area contributed by atoms with E-state index in [2.05, 4.69) is 78.4 Å². The molecular weight excluding hydrogens is 1830 g/mol. The molecule has 29 heteroatoms. The number of hydrogen-bond donors (Lipinski definition) is 0. The number of rotatable bonds is 24. The number of nitrogens with zero attached hydrogens (tertiary/aromatic N) is 8. The Morgan fingerprint density at radius 2 is 0.606 bits per heavy atom. The summed E-state index contributed by atoms with van der Waals surface area (Å²) in [5.74, 6) is -3.79. The minimum atomic E-state index is -3.64. The highest BCUT2D eigenvalue weighted by molar-refractivity contribution is 7.91. The summed E-state index contributed by atoms with van der Waals surface area (Å²) >= 11 is 0. The summed E-state index contributed by atoms with van der Waals surface area (Å²) in [4.78, 5) is 46.5. The molecule has 732 valence electrons. The largest absolute Gasteiger partial charge is 0.375 e. The van der Waals surface area contributed by atoms with E-state index < -0.39 is 74.5 Å². The predicted molar refractivity (Wildman–Crippen MR) is 529 cm³/mol. The zero-order valence-electron chi connectivity index (χ0n) is 80.4. The van der Waals surface area contributed by atoms with E-state index in [1.807, 2.05) is 122 Å². The van der Waals surface area contributed by atoms with Crippen molar-refractivity contribution >= 4 is 101 Å². The van der Waals surface area contributed by atoms with Crippen molar-refractivity contribution in [2.75, 3.05) is 52.4 Å². The highest BCUT2D eigenvalue weighted by Gasteiger charge is 2.38. The van der Waals surface area contributed by atoms with E-state index in [-0.39, 0.29) is 84.0 Å². The molecule has 5 fully saturated rings. The highest BCUT2D eigenvalue weighted by atomic mass is 32.2. The number of halogens is 6. The van der Waals surface area contributed by atoms with Crippen LogP contribution in [0.1, 0.15) is 207 Å². The van der Waals surface area contributed by atoms with Crippen molar-refractivity contribution in [3.63, 3.8) is 0 Å². The third-order valence-corrected chi connectivity index (χ3v) is 35.6. The number of carbonyl (C=O) groups is 3. The van der Waals surface area contributed by atoms with Gasteiger partial charge in [-0.25, -0.2) is 60.0 Å². The Kier molecular flexibility index (Phi) is 31.4. The van der Waals surface area contributed by atoms with Gasteiger partial charge in [0.15, 0.2) is 39.3 Å². The topological polar surface area (TPSA) is 220 Å². The number of amides is 3. The van der Waals surface area contributed by atoms with Gasteiger partial charge in [-0.15, -0.1) is 0 Å². The molecule has 0 N–H and O–H groups in total. The van der Waals surface area contributed by atoms with Crippen LogP contribution in [0.3, 0.4) is 0 Å². The van der Waals surface area contributed by atoms with Crippen LogP contribution in [0.4, 0.5) is 26.3 Å². The maximum absolute atomic E-state index is 13.5. The Labute approximate surface area is 803 Å². The van der Waals surface area contributed by atoms with E-state index in [0.717, 1.165) is 152 Å². The van der Waals surface area contributed by atoms with Gasteiger partial charge < -0.3 is 37.9 Å². The normalized spacial score (nSPS) is 16.6. The molecule has 4 aromatic heterocycles. The average Bonchev–Trinajstić information content (AvgIpc) is 1.64. The van der Waals surface area contributed by atoms with Crippen LogP contribution in [0.2, 0.25) is 0 Å². The van der Waals surface area contributed by atoms with Gasteiger partial charge in [0.25, 0.3) is 0 Å². The summed E-state index contributed by atoms with van der Waals surface area (Å²) in [5.41, 5.74) is 13.1. The maximum atomic E-state index is 13.5. The first-order valence-corrected chi connectivity index (χ1v) is 54.2. The number of sulfone groups is 4. The molecule has 1 unspecified atom stereocenters. The molecule has 1 aliphatic carbocycles. The van der Waals surface area contributed by atoms with Gasteiger partial charge in [-0.1, -0.05) is 85.7 Å². The Hall–Kier alpha value is -10.8. The lowest BCUT2D eigenvalue weighted by atomic mass is 9.80. The standard InChI is InChI=1S/C28H35FN2O3S.C27H31F3N2O3S.C27H31FN2O2S.C26H31FN2O3S/c1-19(28(2,3)4)27(32)31-14-12-21(13-15-31)25-17-30(5)26-11-6-20(16-24(25)26)18-35(33,34)23-9-7-22(29)8-10-23;1-18(27(2,29)30)14-26(33)32-12-10-20(11-13-32)24-16-31(3)25-9-4-19(15-23(24)25)17-36(34,35)22-7-5-21(28)6-8-22;1-19(21-4-3-5-21)30-14-12-22(13-15-30)26-17-29(2)27-11-6-20(16-25(26)27)18-33(31,32)24-9-7-23(28)8-10-24;1-18(2)14-26(30)29-12-10-20(11-13-29)24-16-28(3)25-9-4-19(15-23(24)25)17-33(31,32)22-7-5-21(27)6-8-22/h6-11,16-17,19,21H,12-15,18H2,1-5H3;4-9,15-16,18,20H,10-14,17H2,1-3H3;6-11,16-17,21-22H,1,3-5,12-15,18H2,2H3;4-9,15-16,18,20H,10-14,17H2,1-3H3/t19-;;;/m0.../s1. The first-order chi connectivity index (χ1) is 64.7. The average molecular weight is 1960 g/mol. The van der Waals surface area contributed by atoms with Crippen molar-refractivity contribution in [2.45, 2.75) is 211 Å². The van der Waals surface area contributed by atoms with E-state index in [0.29, 0.717) is 78.6 Å². The number of aromatic nitrogens is 4. The zero-order chi connectivity index (χ0) is 98.7. The van der Waals surface area contributed by atoms with Gasteiger partial charge in [0.1, 0.15) is 23.3 Å². The summed E-state index contributed by atoms with van der Waals surface area (Å²) < 4.78 is 191. The van der Waals surface area contributed by atoms with Crippen molar-refractivity contribution in [2.24, 2.45) is 57.3 Å². The number of aryl methyl sites for hydroxylation is 4. The Balaban J connectivity index is 0.000000146. The molecule has 0 spiro atoms. The number of carbonyl (C=O) groups excluding carboxylic acids is 3. The lowest BCUT2D eigenvalue weighted by molar-refractivity contribution is -0.139. The van der Waals surface area contributed by atoms with E-state index in [1.54, 1.807) is 11.0 Å². The molecule has 4 aliphatic heterocycles. The molecule has 2 atom stereocenters. The molecule has 1 saturated carbocycles. The number of alkyl halides is 2. The summed E-state index contributed by atoms with van der Waals surface area (Å²) in [6, 6.07) is 42.9. The lowest BCUT2D eigenvalue weighted by Crippen LogP contribution is -2.43. The number of piperidine rings is 4. The Morgan fingerprint density at radius 1 is 0.358 bits per heavy atom. The Bertz CT molecular complexity index is 6870. The van der Waals surface area contributed by atoms with Crippen LogP contribution in [-0.4, -0.2) is 148 Å². The molecule has 12 aromatic rings. The van der Waals surface area contributed by atoms with Crippen molar-refractivity contribution in [3.05, 3.63) is 275 Å². The summed E-state index contributed by atoms with van der Waals surface area (Å²) in [6.45, 7) is 25.1. The molecule has 17 rings (SSSR count). The van der Waals surface area contributed by atoms with E-state index >= 15 is 0 Å². The number of likely N-dealkylation sites (tertiary alicyclic amines) is 4. The predicted octanol–water partition coefficient (Wildman–Crippen LogP) is 22.2. The van der Waals surface area contributed by atoms with Gasteiger partial charge in [-0.3, -0.25) is 14.4 Å². The van der Waals surface area contributed by atoms with E-state index in [4.69, 9.17) is 0 Å². The second kappa shape index (κ2) is 42.1. The van der Waals surface area contributed by atoms with Crippen LogP contribution in [0.15, 0.2) is 227 Å². The van der Waals surface area contributed by atoms with Gasteiger partial charge in [0, 0.05) is 179 Å². The molecule has 4 saturated heterocycles. The molecule has 5 aliphatic rings. The highest BCUT2D eigenvalue weighted by Crippen LogP contribution is 2.44. The van der Waals surface area contributed by atoms with E-state index in [9.17, 15) is 74.4 Å². The third kappa shape index (κ3) is 24.4. The zero-order valence-corrected chi connectivity index (χ0v) is 83.7. The molecule has 137 heavy (non-hydrogen) atoms. The first kappa shape index (κ1) is 102. The summed E-state index contributed by atoms with van der Waals surface area (Å²) in [5, 5.41) is 4.23. The van der Waals surface area contributed by atoms with E-state index in [1.165, 1.54) is 134 Å². The fourth-order valence-electron chi connectivity index (χ4n) is 19.8. The lowest BCUT2D eigenvalue weighted by Gasteiger charge is -2.40. The fourth-order valence-corrected chi connectivity index (χ4v) is 25.1. The minimum absolute atomic E-state index is 0.0257. The number of allylic oxidation sites excluding steroid dienone is 1. The van der Waals surface area contributed by atoms with Crippen molar-refractivity contribution in [1.29, 1.82) is 0 Å². The van der Waals surface area contributed by atoms with Gasteiger partial charge in [0.2, 0.25) is 23.6 Å². The van der Waals surface area contributed by atoms with Crippen LogP contribution < -0.4 is 0 Å². The molecule has 3 amide bonds. The quantitative estimate of drug-likeness (QED) is 0.0407. The minimum Gasteiger partial charge on any atom is -0.375 e. The van der Waals surface area contributed by atoms with Gasteiger partial charge in [-0.05, 0) is 302 Å². The SMILES string of the molecule is C=C(C1CCC1)N1CCC(c2cn(C)c3ccc(CS(=O)(=O)c4ccc(F)cc4)cc23)CC1.CC(C)CC(=O)N1CCC(c2cn(C)c3ccc(CS(=O)(=O)c4ccc(F)cc4)cc23)CC1.CC(CC(=O)N1CCC(c2cn(C)c3ccc(CS(=O)(=O)c4ccc(F)cc4)cc23)CC1)C(C)(F)F.C[C@@H](C(=O)N1CCC(c2cn(C)c3ccc(CS(=O)(=O)c4ccc(F)cc4)cc23)CC1)C(C)(C)C. The van der Waals surface area contributed by atoms with Crippen molar-refractivity contribution in [3.8, 4) is 0 Å². The third-order valence-electron chi connectivity index (χ3n) is 28.8. The smallest absolute Gasteiger partial charge is 0.248 e. The molecular formula is C108H128F6N8O11S4. The molecule has 19 nitrogen and oxygen atoms in total. The molecule has 8 heterocycles. The number of fused-ring (bicyclic) bond motifs is 4. The monoisotopic (exact) mass is 1950 g/mol. The van der Waals surface area contributed by atoms with Crippen LogP contribution in [0.5, 0.6) is 0 Å². The second-order valence-corrected chi connectivity index (χ2v) is 48.0. The van der Waals surface area contributed by atoms with Crippen molar-refractivity contribution < 1.29 is 74.4 Å².